The predicted molar refractivity (Wildman–Crippen MR) is 70.1 cm³/mol. The molecule has 0 heterocycles. The van der Waals surface area contributed by atoms with Crippen LogP contribution in [-0.2, 0) is 25.0 Å². The third-order valence-electron chi connectivity index (χ3n) is 2.22. The molecule has 0 unspecified atom stereocenters. The average molecular weight is 356 g/mol. The summed E-state index contributed by atoms with van der Waals surface area (Å²) in [5, 5.41) is 10.2. The number of isocyanates is 1. The zero-order valence-corrected chi connectivity index (χ0v) is 12.5. The van der Waals surface area contributed by atoms with Gasteiger partial charge in [0.2, 0.25) is 0 Å². The summed E-state index contributed by atoms with van der Waals surface area (Å²) in [6.45, 7) is 0. The van der Waals surface area contributed by atoms with Gasteiger partial charge in [-0.1, -0.05) is 19.7 Å². The molecule has 114 valence electrons. The highest BCUT2D eigenvalue weighted by Crippen LogP contribution is 2.29. The Morgan fingerprint density at radius 3 is 2.38 bits per heavy atom. The molecule has 0 saturated carbocycles. The smallest absolute Gasteiger partial charge is 0.258 e. The van der Waals surface area contributed by atoms with Gasteiger partial charge in [0.25, 0.3) is 21.8 Å². The van der Waals surface area contributed by atoms with E-state index in [0.29, 0.717) is 19.2 Å². The van der Waals surface area contributed by atoms with Gasteiger partial charge in [-0.2, -0.15) is 8.42 Å². The number of non-ortho nitro benzene ring substituents is 1. The Bertz CT molecular complexity index is 843. The molecule has 0 fully saturated rings. The van der Waals surface area contributed by atoms with Gasteiger partial charge in [0.15, 0.2) is 0 Å². The topological polar surface area (TPSA) is 144 Å². The van der Waals surface area contributed by atoms with E-state index in [1.807, 2.05) is 0 Å². The Kier molecular flexibility index (Phi) is 4.81. The molecule has 0 aliphatic carbocycles. The minimum absolute atomic E-state index is 0.240. The Labute approximate surface area is 124 Å². The fourth-order valence-electron chi connectivity index (χ4n) is 1.17. The second-order valence-corrected chi connectivity index (χ2v) is 7.62. The van der Waals surface area contributed by atoms with Crippen molar-refractivity contribution in [3.05, 3.63) is 33.3 Å². The molecule has 0 radical (unpaired) electrons. The normalized spacial score (nSPS) is 12.0. The maximum atomic E-state index is 12.1. The summed E-state index contributed by atoms with van der Waals surface area (Å²) in [6, 6.07) is 2.46. The lowest BCUT2D eigenvalue weighted by Crippen LogP contribution is -2.32. The number of halogens is 1. The van der Waals surface area contributed by atoms with Gasteiger partial charge in [-0.05, 0) is 6.07 Å². The van der Waals surface area contributed by atoms with Gasteiger partial charge in [-0.25, -0.2) is 13.2 Å². The first kappa shape index (κ1) is 17.2. The largest absolute Gasteiger partial charge is 0.345 e. The maximum absolute atomic E-state index is 12.1. The highest BCUT2D eigenvalue weighted by molar-refractivity contribution is 8.03. The highest BCUT2D eigenvalue weighted by Gasteiger charge is 2.34. The lowest BCUT2D eigenvalue weighted by atomic mass is 10.3. The molecule has 0 aliphatic heterocycles. The number of hydrogen-bond acceptors (Lipinski definition) is 7. The standard InChI is InChI=1S/C8H6ClN3O7S2/c1-11(21(18,19)10-5-13)20(16,17)8-4-6(12(14)15)2-3-7(8)9/h2-4H,1H3. The van der Waals surface area contributed by atoms with Gasteiger partial charge < -0.3 is 0 Å². The van der Waals surface area contributed by atoms with Crippen LogP contribution in [0.5, 0.6) is 0 Å². The lowest BCUT2D eigenvalue weighted by molar-refractivity contribution is -0.385. The molecule has 0 N–H and O–H groups in total. The van der Waals surface area contributed by atoms with Crippen LogP contribution in [0.3, 0.4) is 0 Å². The SMILES string of the molecule is CN(S(=O)(=O)N=C=O)S(=O)(=O)c1cc([N+](=O)[O-])ccc1Cl. The molecule has 21 heavy (non-hydrogen) atoms. The summed E-state index contributed by atoms with van der Waals surface area (Å²) in [4.78, 5) is 18.9. The molecular formula is C8H6ClN3O7S2. The molecule has 0 aromatic heterocycles. The average Bonchev–Trinajstić information content (AvgIpc) is 2.37. The van der Waals surface area contributed by atoms with Gasteiger partial charge in [-0.15, -0.1) is 0 Å². The van der Waals surface area contributed by atoms with E-state index in [4.69, 9.17) is 11.6 Å². The molecule has 0 amide bonds. The second kappa shape index (κ2) is 5.87. The third-order valence-corrected chi connectivity index (χ3v) is 6.34. The van der Waals surface area contributed by atoms with Crippen LogP contribution in [0.4, 0.5) is 5.69 Å². The van der Waals surface area contributed by atoms with E-state index in [0.717, 1.165) is 12.1 Å². The monoisotopic (exact) mass is 355 g/mol. The Balaban J connectivity index is 3.55. The minimum Gasteiger partial charge on any atom is -0.258 e. The molecule has 0 spiro atoms. The number of nitro groups is 1. The van der Waals surface area contributed by atoms with Crippen LogP contribution in [0.15, 0.2) is 27.5 Å². The van der Waals surface area contributed by atoms with E-state index in [9.17, 15) is 31.7 Å². The summed E-state index contributed by atoms with van der Waals surface area (Å²) in [5.74, 6) is 0. The molecule has 10 nitrogen and oxygen atoms in total. The van der Waals surface area contributed by atoms with Gasteiger partial charge in [-0.3, -0.25) is 10.1 Å². The number of carbonyl (C=O) groups excluding carboxylic acids is 1. The molecule has 0 aliphatic rings. The fourth-order valence-corrected chi connectivity index (χ4v) is 3.98. The van der Waals surface area contributed by atoms with Crippen molar-refractivity contribution in [3.8, 4) is 0 Å². The van der Waals surface area contributed by atoms with Crippen molar-refractivity contribution in [2.75, 3.05) is 7.05 Å². The van der Waals surface area contributed by atoms with E-state index in [1.54, 1.807) is 0 Å². The van der Waals surface area contributed by atoms with Crippen molar-refractivity contribution >= 4 is 43.6 Å². The Morgan fingerprint density at radius 1 is 1.33 bits per heavy atom. The zero-order chi connectivity index (χ0) is 16.4. The van der Waals surface area contributed by atoms with Crippen molar-refractivity contribution in [3.63, 3.8) is 0 Å². The third kappa shape index (κ3) is 3.43. The van der Waals surface area contributed by atoms with Gasteiger partial charge in [0, 0.05) is 19.2 Å². The number of nitrogens with zero attached hydrogens (tertiary/aromatic N) is 3. The highest BCUT2D eigenvalue weighted by atomic mass is 35.5. The van der Waals surface area contributed by atoms with Crippen LogP contribution < -0.4 is 0 Å². The van der Waals surface area contributed by atoms with E-state index >= 15 is 0 Å². The van der Waals surface area contributed by atoms with Crippen molar-refractivity contribution in [2.45, 2.75) is 4.90 Å². The summed E-state index contributed by atoms with van der Waals surface area (Å²) < 4.78 is 49.2. The number of benzene rings is 1. The van der Waals surface area contributed by atoms with Crippen molar-refractivity contribution in [1.29, 1.82) is 0 Å². The lowest BCUT2D eigenvalue weighted by Gasteiger charge is -2.14. The first-order valence-corrected chi connectivity index (χ1v) is 8.02. The summed E-state index contributed by atoms with van der Waals surface area (Å²) in [6.07, 6.45) is 0.696. The number of rotatable bonds is 5. The van der Waals surface area contributed by atoms with Crippen LogP contribution in [0, 0.1) is 10.1 Å². The molecule has 1 aromatic rings. The van der Waals surface area contributed by atoms with Gasteiger partial charge in [0.1, 0.15) is 4.90 Å². The molecular weight excluding hydrogens is 350 g/mol. The molecule has 0 atom stereocenters. The first-order chi connectivity index (χ1) is 9.54. The van der Waals surface area contributed by atoms with Gasteiger partial charge in [0.05, 0.1) is 9.95 Å². The Morgan fingerprint density at radius 2 is 1.90 bits per heavy atom. The van der Waals surface area contributed by atoms with Crippen molar-refractivity contribution in [1.82, 2.24) is 3.71 Å². The minimum atomic E-state index is -4.85. The van der Waals surface area contributed by atoms with Crippen LogP contribution >= 0.6 is 11.6 Å². The molecule has 1 rings (SSSR count). The number of sulfonamides is 1. The predicted octanol–water partition coefficient (Wildman–Crippen LogP) is 0.449. The maximum Gasteiger partial charge on any atom is 0.345 e. The fraction of sp³-hybridized carbons (Fsp3) is 0.125. The van der Waals surface area contributed by atoms with Crippen molar-refractivity contribution in [2.24, 2.45) is 4.40 Å². The van der Waals surface area contributed by atoms with E-state index in [-0.39, 0.29) is 3.71 Å². The van der Waals surface area contributed by atoms with Crippen LogP contribution in [0.1, 0.15) is 0 Å². The molecule has 0 saturated heterocycles. The molecule has 13 heteroatoms. The summed E-state index contributed by atoms with van der Waals surface area (Å²) in [7, 11) is -9.02. The quantitative estimate of drug-likeness (QED) is 0.322. The molecule has 1 aromatic carbocycles. The van der Waals surface area contributed by atoms with Gasteiger partial charge >= 0.3 is 10.2 Å². The number of nitro benzene ring substituents is 1. The zero-order valence-electron chi connectivity index (χ0n) is 10.1. The van der Waals surface area contributed by atoms with Crippen LogP contribution in [0.25, 0.3) is 0 Å². The Hall–Kier alpha value is -1.85. The van der Waals surface area contributed by atoms with Crippen LogP contribution in [-0.4, -0.2) is 38.6 Å². The van der Waals surface area contributed by atoms with Crippen molar-refractivity contribution < 1.29 is 26.6 Å². The number of hydrogen-bond donors (Lipinski definition) is 0. The van der Waals surface area contributed by atoms with E-state index in [2.05, 4.69) is 4.40 Å². The van der Waals surface area contributed by atoms with E-state index < -0.39 is 40.8 Å². The second-order valence-electron chi connectivity index (χ2n) is 3.42. The van der Waals surface area contributed by atoms with Crippen LogP contribution in [0.2, 0.25) is 5.02 Å². The van der Waals surface area contributed by atoms with E-state index in [1.165, 1.54) is 0 Å². The first-order valence-electron chi connectivity index (χ1n) is 4.81. The summed E-state index contributed by atoms with van der Waals surface area (Å²) >= 11 is 5.63. The molecule has 0 bridgehead atoms. The summed E-state index contributed by atoms with van der Waals surface area (Å²) in [5.41, 5.74) is -0.609.